The molecular weight excluding hydrogens is 510 g/mol. The van der Waals surface area contributed by atoms with Crippen molar-refractivity contribution in [1.29, 1.82) is 0 Å². The number of carbonyl (C=O) groups is 1. The molecule has 0 heterocycles. The number of hydrogen-bond donors (Lipinski definition) is 2. The Balaban J connectivity index is 1.50. The van der Waals surface area contributed by atoms with Crippen molar-refractivity contribution >= 4 is 32.5 Å². The average Bonchev–Trinajstić information content (AvgIpc) is 2.94. The maximum atomic E-state index is 12.9. The number of amides is 1. The highest BCUT2D eigenvalue weighted by Crippen LogP contribution is 2.42. The topological polar surface area (TPSA) is 92.7 Å². The first kappa shape index (κ1) is 30.5. The molecule has 0 bridgehead atoms. The number of phenols is 1. The molecule has 7 heteroatoms. The zero-order valence-electron chi connectivity index (χ0n) is 23.2. The smallest absolute Gasteiger partial charge is 0.339 e. The fraction of sp³-hybridized carbons (Fsp3) is 0.469. The third-order valence-corrected chi connectivity index (χ3v) is 8.24. The van der Waals surface area contributed by atoms with Crippen LogP contribution < -0.4 is 9.50 Å². The minimum absolute atomic E-state index is 0.0121. The molecule has 39 heavy (non-hydrogen) atoms. The van der Waals surface area contributed by atoms with Crippen molar-refractivity contribution in [2.24, 2.45) is 0 Å². The zero-order valence-corrected chi connectivity index (χ0v) is 24.0. The van der Waals surface area contributed by atoms with Gasteiger partial charge in [-0.1, -0.05) is 126 Å². The van der Waals surface area contributed by atoms with E-state index < -0.39 is 10.1 Å². The molecule has 0 fully saturated rings. The van der Waals surface area contributed by atoms with Gasteiger partial charge in [-0.3, -0.25) is 4.79 Å². The van der Waals surface area contributed by atoms with Gasteiger partial charge in [0, 0.05) is 11.8 Å². The lowest BCUT2D eigenvalue weighted by Gasteiger charge is -2.16. The van der Waals surface area contributed by atoms with Gasteiger partial charge in [-0.25, -0.2) is 0 Å². The fourth-order valence-electron chi connectivity index (χ4n) is 4.75. The van der Waals surface area contributed by atoms with E-state index in [2.05, 4.69) is 12.2 Å². The van der Waals surface area contributed by atoms with Crippen molar-refractivity contribution < 1.29 is 22.5 Å². The van der Waals surface area contributed by atoms with Gasteiger partial charge >= 0.3 is 10.1 Å². The summed E-state index contributed by atoms with van der Waals surface area (Å²) in [7, 11) is -4.16. The van der Waals surface area contributed by atoms with Gasteiger partial charge < -0.3 is 14.6 Å². The monoisotopic (exact) mass is 553 g/mol. The minimum atomic E-state index is -4.16. The molecule has 3 aromatic carbocycles. The van der Waals surface area contributed by atoms with Crippen molar-refractivity contribution in [3.63, 3.8) is 0 Å². The summed E-state index contributed by atoms with van der Waals surface area (Å²) in [5, 5.41) is 14.7. The van der Waals surface area contributed by atoms with Gasteiger partial charge in [-0.2, -0.15) is 8.42 Å². The maximum absolute atomic E-state index is 12.9. The van der Waals surface area contributed by atoms with E-state index in [-0.39, 0.29) is 34.4 Å². The highest BCUT2D eigenvalue weighted by molar-refractivity contribution is 7.87. The highest BCUT2D eigenvalue weighted by atomic mass is 32.2. The van der Waals surface area contributed by atoms with Crippen LogP contribution in [-0.2, 0) is 14.9 Å². The number of nitrogens with one attached hydrogen (secondary N) is 1. The molecule has 0 aromatic heterocycles. The Kier molecular flexibility index (Phi) is 12.6. The summed E-state index contributed by atoms with van der Waals surface area (Å²) in [6.07, 6.45) is 16.2. The van der Waals surface area contributed by atoms with E-state index >= 15 is 0 Å². The number of anilines is 1. The average molecular weight is 554 g/mol. The lowest BCUT2D eigenvalue weighted by molar-refractivity contribution is -0.116. The second-order valence-electron chi connectivity index (χ2n) is 10.2. The Hall–Kier alpha value is -3.06. The van der Waals surface area contributed by atoms with Crippen molar-refractivity contribution in [2.45, 2.75) is 102 Å². The Morgan fingerprint density at radius 1 is 0.769 bits per heavy atom. The standard InChI is InChI=1S/C32H43NO5S/c1-2-3-4-5-6-7-8-9-10-11-12-13-17-24-30(34)33-31-29(25-26-20-18-19-23-28(26)32(31)35)38-39(36,37)27-21-15-14-16-22-27/h14-16,18-23,25,35H,2-13,17,24H2,1H3,(H,33,34). The highest BCUT2D eigenvalue weighted by Gasteiger charge is 2.23. The van der Waals surface area contributed by atoms with Gasteiger partial charge in [-0.15, -0.1) is 0 Å². The van der Waals surface area contributed by atoms with Gasteiger partial charge in [0.05, 0.1) is 0 Å². The Morgan fingerprint density at radius 3 is 1.92 bits per heavy atom. The van der Waals surface area contributed by atoms with E-state index in [1.54, 1.807) is 42.5 Å². The van der Waals surface area contributed by atoms with E-state index in [1.165, 1.54) is 82.4 Å². The van der Waals surface area contributed by atoms with Gasteiger partial charge in [0.1, 0.15) is 10.6 Å². The molecule has 0 atom stereocenters. The maximum Gasteiger partial charge on any atom is 0.339 e. The molecule has 6 nitrogen and oxygen atoms in total. The molecule has 0 saturated carbocycles. The van der Waals surface area contributed by atoms with Crippen LogP contribution in [0.2, 0.25) is 0 Å². The Bertz CT molecular complexity index is 1270. The quantitative estimate of drug-likeness (QED) is 0.0933. The van der Waals surface area contributed by atoms with E-state index in [1.807, 2.05) is 0 Å². The molecule has 0 radical (unpaired) electrons. The second-order valence-corrected chi connectivity index (χ2v) is 11.8. The number of hydrogen-bond acceptors (Lipinski definition) is 5. The van der Waals surface area contributed by atoms with Crippen LogP contribution in [0, 0.1) is 0 Å². The lowest BCUT2D eigenvalue weighted by Crippen LogP contribution is -2.15. The summed E-state index contributed by atoms with van der Waals surface area (Å²) >= 11 is 0. The Labute approximate surface area is 233 Å². The summed E-state index contributed by atoms with van der Waals surface area (Å²) in [5.74, 6) is -0.621. The van der Waals surface area contributed by atoms with Crippen LogP contribution >= 0.6 is 0 Å². The first-order valence-electron chi connectivity index (χ1n) is 14.5. The SMILES string of the molecule is CCCCCCCCCCCCCCCC(=O)Nc1c(OS(=O)(=O)c2ccccc2)cc2ccccc2c1O. The largest absolute Gasteiger partial charge is 0.505 e. The van der Waals surface area contributed by atoms with Crippen molar-refractivity contribution in [1.82, 2.24) is 0 Å². The van der Waals surface area contributed by atoms with Crippen molar-refractivity contribution in [3.05, 3.63) is 60.7 Å². The van der Waals surface area contributed by atoms with Crippen LogP contribution in [0.4, 0.5) is 5.69 Å². The molecule has 2 N–H and O–H groups in total. The van der Waals surface area contributed by atoms with Gasteiger partial charge in [0.25, 0.3) is 0 Å². The van der Waals surface area contributed by atoms with E-state index in [0.29, 0.717) is 10.8 Å². The predicted molar refractivity (Wildman–Crippen MR) is 159 cm³/mol. The molecule has 0 aliphatic heterocycles. The third-order valence-electron chi connectivity index (χ3n) is 6.99. The van der Waals surface area contributed by atoms with Crippen LogP contribution in [0.25, 0.3) is 10.8 Å². The first-order chi connectivity index (χ1) is 18.9. The molecule has 3 rings (SSSR count). The summed E-state index contributed by atoms with van der Waals surface area (Å²) < 4.78 is 31.2. The Morgan fingerprint density at radius 2 is 1.31 bits per heavy atom. The number of benzene rings is 3. The van der Waals surface area contributed by atoms with Crippen LogP contribution in [0.3, 0.4) is 0 Å². The minimum Gasteiger partial charge on any atom is -0.505 e. The molecule has 0 saturated heterocycles. The summed E-state index contributed by atoms with van der Waals surface area (Å²) in [4.78, 5) is 12.8. The van der Waals surface area contributed by atoms with E-state index in [0.717, 1.165) is 19.3 Å². The van der Waals surface area contributed by atoms with E-state index in [4.69, 9.17) is 4.18 Å². The third kappa shape index (κ3) is 9.88. The van der Waals surface area contributed by atoms with Gasteiger partial charge in [0.2, 0.25) is 5.91 Å². The molecule has 212 valence electrons. The molecule has 3 aromatic rings. The molecule has 1 amide bonds. The molecule has 0 unspecified atom stereocenters. The number of fused-ring (bicyclic) bond motifs is 1. The number of aromatic hydroxyl groups is 1. The summed E-state index contributed by atoms with van der Waals surface area (Å²) in [6, 6.07) is 16.3. The summed E-state index contributed by atoms with van der Waals surface area (Å²) in [6.45, 7) is 2.25. The number of rotatable bonds is 18. The van der Waals surface area contributed by atoms with Crippen LogP contribution in [0.5, 0.6) is 11.5 Å². The van der Waals surface area contributed by atoms with Crippen LogP contribution in [0.15, 0.2) is 65.6 Å². The zero-order chi connectivity index (χ0) is 27.9. The number of carbonyl (C=O) groups excluding carboxylic acids is 1. The predicted octanol–water partition coefficient (Wildman–Crippen LogP) is 8.73. The second kappa shape index (κ2) is 16.1. The van der Waals surface area contributed by atoms with Crippen molar-refractivity contribution in [3.8, 4) is 11.5 Å². The summed E-state index contributed by atoms with van der Waals surface area (Å²) in [5.41, 5.74) is -0.0344. The number of phenolic OH excluding ortho intramolecular Hbond substituents is 1. The number of unbranched alkanes of at least 4 members (excludes halogenated alkanes) is 12. The molecule has 0 spiro atoms. The lowest BCUT2D eigenvalue weighted by atomic mass is 10.0. The van der Waals surface area contributed by atoms with Gasteiger partial charge in [-0.05, 0) is 30.0 Å². The van der Waals surface area contributed by atoms with E-state index in [9.17, 15) is 18.3 Å². The molecule has 0 aliphatic rings. The molecule has 0 aliphatic carbocycles. The normalized spacial score (nSPS) is 11.5. The molecular formula is C32H43NO5S. The van der Waals surface area contributed by atoms with Crippen LogP contribution in [-0.4, -0.2) is 19.4 Å². The van der Waals surface area contributed by atoms with Crippen molar-refractivity contribution in [2.75, 3.05) is 5.32 Å². The van der Waals surface area contributed by atoms with Crippen LogP contribution in [0.1, 0.15) is 96.8 Å². The first-order valence-corrected chi connectivity index (χ1v) is 15.9. The fourth-order valence-corrected chi connectivity index (χ4v) is 5.70. The van der Waals surface area contributed by atoms with Gasteiger partial charge in [0.15, 0.2) is 11.5 Å².